The topological polar surface area (TPSA) is 69.6 Å². The van der Waals surface area contributed by atoms with Crippen LogP contribution in [-0.4, -0.2) is 34.9 Å². The summed E-state index contributed by atoms with van der Waals surface area (Å²) in [5, 5.41) is 15.2. The molecule has 0 atom stereocenters. The van der Waals surface area contributed by atoms with Gasteiger partial charge in [0.05, 0.1) is 21.3 Å². The number of hydrogen-bond acceptors (Lipinski definition) is 3. The van der Waals surface area contributed by atoms with Crippen LogP contribution in [0.4, 0.5) is 5.69 Å². The van der Waals surface area contributed by atoms with Crippen molar-refractivity contribution in [2.75, 3.05) is 18.4 Å². The fraction of sp³-hybridized carbons (Fsp3) is 0.143. The lowest BCUT2D eigenvalue weighted by molar-refractivity contribution is -0.116. The molecular weight excluding hydrogens is 399 g/mol. The summed E-state index contributed by atoms with van der Waals surface area (Å²) < 4.78 is 0. The van der Waals surface area contributed by atoms with E-state index in [1.807, 2.05) is 24.3 Å². The molecule has 0 aliphatic rings. The van der Waals surface area contributed by atoms with E-state index in [-0.39, 0.29) is 24.4 Å². The molecule has 0 saturated heterocycles. The van der Waals surface area contributed by atoms with Gasteiger partial charge in [0.2, 0.25) is 5.91 Å². The van der Waals surface area contributed by atoms with Gasteiger partial charge in [0.25, 0.3) is 5.91 Å². The second kappa shape index (κ2) is 8.50. The zero-order chi connectivity index (χ0) is 20.3. The predicted octanol–water partition coefficient (Wildman–Crippen LogP) is 4.95. The molecule has 28 heavy (non-hydrogen) atoms. The van der Waals surface area contributed by atoms with Gasteiger partial charge in [-0.2, -0.15) is 0 Å². The van der Waals surface area contributed by atoms with Gasteiger partial charge in [0.15, 0.2) is 0 Å². The van der Waals surface area contributed by atoms with Crippen LogP contribution >= 0.6 is 23.2 Å². The number of likely N-dealkylation sites (N-methyl/N-ethyl adjacent to an activating group) is 1. The van der Waals surface area contributed by atoms with Gasteiger partial charge < -0.3 is 15.3 Å². The number of fused-ring (bicyclic) bond motifs is 1. The average molecular weight is 417 g/mol. The Hall–Kier alpha value is -2.76. The van der Waals surface area contributed by atoms with Crippen LogP contribution in [0.2, 0.25) is 10.0 Å². The zero-order valence-corrected chi connectivity index (χ0v) is 16.6. The number of amides is 2. The van der Waals surface area contributed by atoms with Gasteiger partial charge in [0.1, 0.15) is 12.3 Å². The SMILES string of the molecule is CCN(CC(=O)Nc1c(Cl)cccc1Cl)C(=O)c1cc2ccccc2cc1O. The summed E-state index contributed by atoms with van der Waals surface area (Å²) in [5.74, 6) is -1.01. The van der Waals surface area contributed by atoms with Gasteiger partial charge in [-0.15, -0.1) is 0 Å². The van der Waals surface area contributed by atoms with E-state index < -0.39 is 11.8 Å². The molecule has 0 aliphatic carbocycles. The third-order valence-corrected chi connectivity index (χ3v) is 4.95. The zero-order valence-electron chi connectivity index (χ0n) is 15.1. The molecule has 0 spiro atoms. The Balaban J connectivity index is 1.80. The number of nitrogens with one attached hydrogen (secondary N) is 1. The number of nitrogens with zero attached hydrogens (tertiary/aromatic N) is 1. The Morgan fingerprint density at radius 2 is 1.61 bits per heavy atom. The maximum Gasteiger partial charge on any atom is 0.258 e. The standard InChI is InChI=1S/C21H18Cl2N2O3/c1-2-25(12-19(27)24-20-16(22)8-5-9-17(20)23)21(28)15-10-13-6-3-4-7-14(13)11-18(15)26/h3-11,26H,2,12H2,1H3,(H,24,27). The van der Waals surface area contributed by atoms with E-state index >= 15 is 0 Å². The molecule has 5 nitrogen and oxygen atoms in total. The molecule has 7 heteroatoms. The molecule has 2 amide bonds. The van der Waals surface area contributed by atoms with E-state index in [0.29, 0.717) is 15.7 Å². The van der Waals surface area contributed by atoms with Gasteiger partial charge >= 0.3 is 0 Å². The van der Waals surface area contributed by atoms with E-state index in [1.165, 1.54) is 4.90 Å². The Bertz CT molecular complexity index is 1030. The minimum atomic E-state index is -0.439. The molecule has 0 aromatic heterocycles. The first kappa shape index (κ1) is 20.0. The molecule has 0 saturated carbocycles. The highest BCUT2D eigenvalue weighted by Crippen LogP contribution is 2.30. The minimum Gasteiger partial charge on any atom is -0.507 e. The Kier molecular flexibility index (Phi) is 6.07. The van der Waals surface area contributed by atoms with Gasteiger partial charge in [-0.25, -0.2) is 0 Å². The molecular formula is C21H18Cl2N2O3. The van der Waals surface area contributed by atoms with Crippen molar-refractivity contribution in [1.82, 2.24) is 4.90 Å². The van der Waals surface area contributed by atoms with Crippen molar-refractivity contribution in [3.8, 4) is 5.75 Å². The van der Waals surface area contributed by atoms with Gasteiger partial charge in [-0.05, 0) is 42.0 Å². The highest BCUT2D eigenvalue weighted by molar-refractivity contribution is 6.39. The lowest BCUT2D eigenvalue weighted by Gasteiger charge is -2.21. The van der Waals surface area contributed by atoms with E-state index in [2.05, 4.69) is 5.32 Å². The molecule has 0 unspecified atom stereocenters. The largest absolute Gasteiger partial charge is 0.507 e. The van der Waals surface area contributed by atoms with E-state index in [1.54, 1.807) is 37.3 Å². The number of benzene rings is 3. The predicted molar refractivity (Wildman–Crippen MR) is 112 cm³/mol. The first-order chi connectivity index (χ1) is 13.4. The van der Waals surface area contributed by atoms with Crippen molar-refractivity contribution in [2.45, 2.75) is 6.92 Å². The second-order valence-electron chi connectivity index (χ2n) is 6.18. The molecule has 144 valence electrons. The maximum absolute atomic E-state index is 12.9. The Labute approximate surface area is 172 Å². The van der Waals surface area contributed by atoms with E-state index in [9.17, 15) is 14.7 Å². The van der Waals surface area contributed by atoms with Crippen LogP contribution in [0.25, 0.3) is 10.8 Å². The number of hydrogen-bond donors (Lipinski definition) is 2. The maximum atomic E-state index is 12.9. The van der Waals surface area contributed by atoms with Crippen molar-refractivity contribution >= 4 is 51.5 Å². The molecule has 3 aromatic rings. The summed E-state index contributed by atoms with van der Waals surface area (Å²) in [5.41, 5.74) is 0.442. The van der Waals surface area contributed by atoms with Crippen LogP contribution in [0.5, 0.6) is 5.75 Å². The summed E-state index contributed by atoms with van der Waals surface area (Å²) in [6, 6.07) is 15.5. The third-order valence-electron chi connectivity index (χ3n) is 4.33. The van der Waals surface area contributed by atoms with Crippen molar-refractivity contribution in [3.63, 3.8) is 0 Å². The molecule has 3 rings (SSSR count). The second-order valence-corrected chi connectivity index (χ2v) is 7.00. The van der Waals surface area contributed by atoms with E-state index in [4.69, 9.17) is 23.2 Å². The van der Waals surface area contributed by atoms with Crippen LogP contribution in [-0.2, 0) is 4.79 Å². The number of rotatable bonds is 5. The summed E-state index contributed by atoms with van der Waals surface area (Å²) in [6.45, 7) is 1.84. The smallest absolute Gasteiger partial charge is 0.258 e. The van der Waals surface area contributed by atoms with Crippen LogP contribution in [0.15, 0.2) is 54.6 Å². The van der Waals surface area contributed by atoms with Crippen LogP contribution in [0, 0.1) is 0 Å². The number of halogens is 2. The molecule has 0 heterocycles. The first-order valence-electron chi connectivity index (χ1n) is 8.65. The van der Waals surface area contributed by atoms with Gasteiger partial charge in [-0.1, -0.05) is 53.5 Å². The molecule has 3 aromatic carbocycles. The first-order valence-corrected chi connectivity index (χ1v) is 9.41. The summed E-state index contributed by atoms with van der Waals surface area (Å²) in [7, 11) is 0. The monoisotopic (exact) mass is 416 g/mol. The number of para-hydroxylation sites is 1. The number of carbonyl (C=O) groups is 2. The van der Waals surface area contributed by atoms with Crippen molar-refractivity contribution in [3.05, 3.63) is 70.2 Å². The number of phenols is 1. The molecule has 2 N–H and O–H groups in total. The molecule has 0 fully saturated rings. The highest BCUT2D eigenvalue weighted by Gasteiger charge is 2.21. The summed E-state index contributed by atoms with van der Waals surface area (Å²) >= 11 is 12.1. The molecule has 0 radical (unpaired) electrons. The summed E-state index contributed by atoms with van der Waals surface area (Å²) in [4.78, 5) is 26.7. The number of phenolic OH excluding ortho intramolecular Hbond substituents is 1. The lowest BCUT2D eigenvalue weighted by atomic mass is 10.0. The van der Waals surface area contributed by atoms with Gasteiger partial charge in [0, 0.05) is 6.54 Å². The Morgan fingerprint density at radius 3 is 2.21 bits per heavy atom. The van der Waals surface area contributed by atoms with Crippen LogP contribution < -0.4 is 5.32 Å². The van der Waals surface area contributed by atoms with Crippen molar-refractivity contribution < 1.29 is 14.7 Å². The normalized spacial score (nSPS) is 10.7. The summed E-state index contributed by atoms with van der Waals surface area (Å²) in [6.07, 6.45) is 0. The van der Waals surface area contributed by atoms with Crippen molar-refractivity contribution in [2.24, 2.45) is 0 Å². The van der Waals surface area contributed by atoms with E-state index in [0.717, 1.165) is 10.8 Å². The fourth-order valence-electron chi connectivity index (χ4n) is 2.87. The van der Waals surface area contributed by atoms with Crippen LogP contribution in [0.1, 0.15) is 17.3 Å². The number of aromatic hydroxyl groups is 1. The number of anilines is 1. The van der Waals surface area contributed by atoms with Crippen molar-refractivity contribution in [1.29, 1.82) is 0 Å². The van der Waals surface area contributed by atoms with Gasteiger partial charge in [-0.3, -0.25) is 9.59 Å². The third kappa shape index (κ3) is 4.21. The number of carbonyl (C=O) groups excluding carboxylic acids is 2. The lowest BCUT2D eigenvalue weighted by Crippen LogP contribution is -2.38. The quantitative estimate of drug-likeness (QED) is 0.617. The average Bonchev–Trinajstić information content (AvgIpc) is 2.68. The molecule has 0 bridgehead atoms. The minimum absolute atomic E-state index is 0.128. The fourth-order valence-corrected chi connectivity index (χ4v) is 3.36. The molecule has 0 aliphatic heterocycles. The Morgan fingerprint density at radius 1 is 1.00 bits per heavy atom. The van der Waals surface area contributed by atoms with Crippen LogP contribution in [0.3, 0.4) is 0 Å². The highest BCUT2D eigenvalue weighted by atomic mass is 35.5.